The fourth-order valence-corrected chi connectivity index (χ4v) is 0.967. The minimum Gasteiger partial charge on any atom is -0.242 e. The molecule has 0 fully saturated rings. The quantitative estimate of drug-likeness (QED) is 0.440. The second kappa shape index (κ2) is 5.17. The number of hydrogen-bond donors (Lipinski definition) is 0. The molecule has 0 atom stereocenters. The topological polar surface area (TPSA) is 52.6 Å². The minimum absolute atomic E-state index is 0.194. The molecule has 1 rings (SSSR count). The smallest absolute Gasteiger partial charge is 0.242 e. The first-order valence-electron chi connectivity index (χ1n) is 3.94. The number of halogens is 1. The van der Waals surface area contributed by atoms with Crippen LogP contribution in [0.4, 0.5) is 0 Å². The van der Waals surface area contributed by atoms with Crippen molar-refractivity contribution in [3.8, 4) is 0 Å². The third-order valence-electron chi connectivity index (χ3n) is 1.43. The molecule has 0 aromatic heterocycles. The SMILES string of the molecule is C=CC(=O)OOC(=O)c1cccc(Cl)c1. The highest BCUT2D eigenvalue weighted by atomic mass is 35.5. The lowest BCUT2D eigenvalue weighted by molar-refractivity contribution is -0.228. The van der Waals surface area contributed by atoms with Crippen LogP contribution in [0.1, 0.15) is 10.4 Å². The first-order chi connectivity index (χ1) is 7.13. The van der Waals surface area contributed by atoms with Gasteiger partial charge in [0.1, 0.15) is 0 Å². The fourth-order valence-electron chi connectivity index (χ4n) is 0.776. The standard InChI is InChI=1S/C10H7ClO4/c1-2-9(12)14-15-10(13)7-4-3-5-8(11)6-7/h2-6H,1H2. The van der Waals surface area contributed by atoms with Crippen LogP contribution < -0.4 is 0 Å². The summed E-state index contributed by atoms with van der Waals surface area (Å²) in [5, 5.41) is 0.388. The highest BCUT2D eigenvalue weighted by Crippen LogP contribution is 2.11. The number of benzene rings is 1. The summed E-state index contributed by atoms with van der Waals surface area (Å²) in [6, 6.07) is 6.06. The predicted octanol–water partition coefficient (Wildman–Crippen LogP) is 2.14. The van der Waals surface area contributed by atoms with E-state index in [9.17, 15) is 9.59 Å². The van der Waals surface area contributed by atoms with Crippen molar-refractivity contribution in [3.05, 3.63) is 47.5 Å². The Morgan fingerprint density at radius 2 is 2.07 bits per heavy atom. The molecule has 0 aliphatic heterocycles. The molecule has 0 radical (unpaired) electrons. The summed E-state index contributed by atoms with van der Waals surface area (Å²) in [5.74, 6) is -1.64. The highest BCUT2D eigenvalue weighted by Gasteiger charge is 2.10. The third-order valence-corrected chi connectivity index (χ3v) is 1.66. The molecule has 0 N–H and O–H groups in total. The molecule has 0 bridgehead atoms. The Morgan fingerprint density at radius 1 is 1.33 bits per heavy atom. The molecule has 1 aromatic carbocycles. The zero-order chi connectivity index (χ0) is 11.3. The summed E-state index contributed by atoms with van der Waals surface area (Å²) in [5.41, 5.74) is 0.194. The molecule has 0 amide bonds. The third kappa shape index (κ3) is 3.44. The summed E-state index contributed by atoms with van der Waals surface area (Å²) in [6.07, 6.45) is 0.880. The van der Waals surface area contributed by atoms with E-state index in [0.717, 1.165) is 6.08 Å². The van der Waals surface area contributed by atoms with E-state index in [2.05, 4.69) is 16.4 Å². The van der Waals surface area contributed by atoms with Gasteiger partial charge in [0.2, 0.25) is 0 Å². The van der Waals surface area contributed by atoms with E-state index in [1.807, 2.05) is 0 Å². The van der Waals surface area contributed by atoms with Crippen LogP contribution in [-0.4, -0.2) is 11.9 Å². The maximum absolute atomic E-state index is 11.2. The molecule has 0 saturated carbocycles. The van der Waals surface area contributed by atoms with Crippen LogP contribution in [-0.2, 0) is 14.6 Å². The fraction of sp³-hybridized carbons (Fsp3) is 0. The van der Waals surface area contributed by atoms with Crippen LogP contribution in [0.2, 0.25) is 5.02 Å². The summed E-state index contributed by atoms with van der Waals surface area (Å²) < 4.78 is 0. The van der Waals surface area contributed by atoms with Gasteiger partial charge in [-0.15, -0.1) is 0 Å². The average Bonchev–Trinajstić information content (AvgIpc) is 2.25. The number of carbonyl (C=O) groups is 2. The highest BCUT2D eigenvalue weighted by molar-refractivity contribution is 6.30. The maximum Gasteiger partial charge on any atom is 0.386 e. The monoisotopic (exact) mass is 226 g/mol. The van der Waals surface area contributed by atoms with Crippen molar-refractivity contribution in [3.63, 3.8) is 0 Å². The van der Waals surface area contributed by atoms with Gasteiger partial charge in [-0.3, -0.25) is 0 Å². The number of carbonyl (C=O) groups excluding carboxylic acids is 2. The molecule has 0 saturated heterocycles. The molecular weight excluding hydrogens is 220 g/mol. The van der Waals surface area contributed by atoms with Gasteiger partial charge in [-0.25, -0.2) is 19.4 Å². The number of hydrogen-bond acceptors (Lipinski definition) is 4. The molecule has 78 valence electrons. The van der Waals surface area contributed by atoms with E-state index in [0.29, 0.717) is 5.02 Å². The lowest BCUT2D eigenvalue weighted by Crippen LogP contribution is -2.09. The first-order valence-corrected chi connectivity index (χ1v) is 4.32. The van der Waals surface area contributed by atoms with Crippen molar-refractivity contribution in [2.24, 2.45) is 0 Å². The van der Waals surface area contributed by atoms with Gasteiger partial charge in [-0.2, -0.15) is 0 Å². The van der Waals surface area contributed by atoms with Gasteiger partial charge in [0.05, 0.1) is 5.56 Å². The Labute approximate surface area is 91.0 Å². The molecule has 5 heteroatoms. The van der Waals surface area contributed by atoms with Crippen LogP contribution in [0.15, 0.2) is 36.9 Å². The molecule has 0 spiro atoms. The largest absolute Gasteiger partial charge is 0.386 e. The van der Waals surface area contributed by atoms with Crippen LogP contribution in [0.25, 0.3) is 0 Å². The van der Waals surface area contributed by atoms with Crippen molar-refractivity contribution >= 4 is 23.5 Å². The van der Waals surface area contributed by atoms with Gasteiger partial charge < -0.3 is 0 Å². The normalized spacial score (nSPS) is 9.13. The molecule has 15 heavy (non-hydrogen) atoms. The summed E-state index contributed by atoms with van der Waals surface area (Å²) in [4.78, 5) is 30.1. The molecule has 0 aliphatic carbocycles. The average molecular weight is 227 g/mol. The lowest BCUT2D eigenvalue weighted by atomic mass is 10.2. The first kappa shape index (κ1) is 11.3. The van der Waals surface area contributed by atoms with Crippen LogP contribution in [0.3, 0.4) is 0 Å². The van der Waals surface area contributed by atoms with E-state index in [4.69, 9.17) is 11.6 Å². The zero-order valence-electron chi connectivity index (χ0n) is 7.60. The molecule has 0 aliphatic rings. The van der Waals surface area contributed by atoms with Crippen molar-refractivity contribution in [1.82, 2.24) is 0 Å². The Hall–Kier alpha value is -1.81. The van der Waals surface area contributed by atoms with Crippen LogP contribution in [0, 0.1) is 0 Å². The summed E-state index contributed by atoms with van der Waals surface area (Å²) >= 11 is 5.65. The van der Waals surface area contributed by atoms with Gasteiger partial charge in [-0.05, 0) is 18.2 Å². The van der Waals surface area contributed by atoms with E-state index >= 15 is 0 Å². The Balaban J connectivity index is 2.61. The molecule has 0 heterocycles. The summed E-state index contributed by atoms with van der Waals surface area (Å²) in [6.45, 7) is 3.14. The Morgan fingerprint density at radius 3 is 2.67 bits per heavy atom. The maximum atomic E-state index is 11.2. The Bertz CT molecular complexity index is 400. The second-order valence-electron chi connectivity index (χ2n) is 2.49. The van der Waals surface area contributed by atoms with E-state index in [-0.39, 0.29) is 5.56 Å². The van der Waals surface area contributed by atoms with Gasteiger partial charge in [-0.1, -0.05) is 24.2 Å². The molecule has 4 nitrogen and oxygen atoms in total. The predicted molar refractivity (Wildman–Crippen MR) is 53.2 cm³/mol. The van der Waals surface area contributed by atoms with Crippen molar-refractivity contribution in [1.29, 1.82) is 0 Å². The second-order valence-corrected chi connectivity index (χ2v) is 2.92. The molecular formula is C10H7ClO4. The van der Waals surface area contributed by atoms with Crippen LogP contribution >= 0.6 is 11.6 Å². The van der Waals surface area contributed by atoms with E-state index in [1.54, 1.807) is 12.1 Å². The van der Waals surface area contributed by atoms with E-state index in [1.165, 1.54) is 12.1 Å². The van der Waals surface area contributed by atoms with E-state index < -0.39 is 11.9 Å². The minimum atomic E-state index is -0.842. The van der Waals surface area contributed by atoms with Crippen molar-refractivity contribution in [2.45, 2.75) is 0 Å². The Kier molecular flexibility index (Phi) is 3.88. The van der Waals surface area contributed by atoms with Gasteiger partial charge >= 0.3 is 11.9 Å². The van der Waals surface area contributed by atoms with Gasteiger partial charge in [0, 0.05) is 11.1 Å². The van der Waals surface area contributed by atoms with Crippen molar-refractivity contribution < 1.29 is 19.4 Å². The summed E-state index contributed by atoms with van der Waals surface area (Å²) in [7, 11) is 0. The zero-order valence-corrected chi connectivity index (χ0v) is 8.36. The van der Waals surface area contributed by atoms with Crippen LogP contribution in [0.5, 0.6) is 0 Å². The number of rotatable bonds is 2. The van der Waals surface area contributed by atoms with Gasteiger partial charge in [0.15, 0.2) is 0 Å². The lowest BCUT2D eigenvalue weighted by Gasteiger charge is -2.00. The van der Waals surface area contributed by atoms with Crippen molar-refractivity contribution in [2.75, 3.05) is 0 Å². The molecule has 1 aromatic rings. The van der Waals surface area contributed by atoms with Gasteiger partial charge in [0.25, 0.3) is 0 Å². The molecule has 0 unspecified atom stereocenters.